The highest BCUT2D eigenvalue weighted by Gasteiger charge is 2.26. The Morgan fingerprint density at radius 2 is 1.47 bits per heavy atom. The van der Waals surface area contributed by atoms with Gasteiger partial charge in [-0.15, -0.1) is 0 Å². The minimum atomic E-state index is -3.91. The molecule has 0 fully saturated rings. The normalized spacial score (nSPS) is 11.5. The van der Waals surface area contributed by atoms with Gasteiger partial charge in [-0.2, -0.15) is 4.31 Å². The second kappa shape index (κ2) is 10.1. The summed E-state index contributed by atoms with van der Waals surface area (Å²) in [5.41, 5.74) is 3.29. The maximum atomic E-state index is 13.7. The molecule has 0 saturated carbocycles. The second-order valence-corrected chi connectivity index (χ2v) is 9.53. The van der Waals surface area contributed by atoms with Crippen LogP contribution in [0.25, 0.3) is 0 Å². The van der Waals surface area contributed by atoms with Gasteiger partial charge >= 0.3 is 5.97 Å². The van der Waals surface area contributed by atoms with Crippen LogP contribution in [0.4, 0.5) is 4.39 Å². The summed E-state index contributed by atoms with van der Waals surface area (Å²) in [6.45, 7) is 5.75. The molecule has 0 bridgehead atoms. The first-order chi connectivity index (χ1) is 15.2. The van der Waals surface area contributed by atoms with Gasteiger partial charge in [-0.25, -0.2) is 17.6 Å². The lowest BCUT2D eigenvalue weighted by Gasteiger charge is -2.23. The van der Waals surface area contributed by atoms with Gasteiger partial charge in [0.25, 0.3) is 0 Å². The third kappa shape index (κ3) is 5.60. The Bertz CT molecular complexity index is 1190. The van der Waals surface area contributed by atoms with Gasteiger partial charge in [0.1, 0.15) is 5.82 Å². The summed E-state index contributed by atoms with van der Waals surface area (Å²) in [4.78, 5) is 11.9. The third-order valence-electron chi connectivity index (χ3n) is 5.07. The maximum Gasteiger partial charge on any atom is 0.338 e. The molecule has 0 atom stereocenters. The summed E-state index contributed by atoms with van der Waals surface area (Å²) >= 11 is 0. The van der Waals surface area contributed by atoms with Gasteiger partial charge < -0.3 is 4.74 Å². The van der Waals surface area contributed by atoms with Crippen LogP contribution in [0.2, 0.25) is 0 Å². The summed E-state index contributed by atoms with van der Waals surface area (Å²) in [5, 5.41) is 0. The summed E-state index contributed by atoms with van der Waals surface area (Å²) < 4.78 is 47.0. The molecule has 3 aromatic rings. The average molecular weight is 456 g/mol. The molecule has 0 aliphatic rings. The van der Waals surface area contributed by atoms with Crippen molar-refractivity contribution in [2.45, 2.75) is 38.8 Å². The van der Waals surface area contributed by atoms with Crippen molar-refractivity contribution in [3.05, 3.63) is 100 Å². The van der Waals surface area contributed by atoms with Crippen LogP contribution in [0.15, 0.2) is 71.6 Å². The Kier molecular flexibility index (Phi) is 7.43. The van der Waals surface area contributed by atoms with Crippen molar-refractivity contribution in [1.29, 1.82) is 0 Å². The molecule has 0 heterocycles. The van der Waals surface area contributed by atoms with Crippen molar-refractivity contribution >= 4 is 16.0 Å². The molecule has 0 spiro atoms. The number of hydrogen-bond acceptors (Lipinski definition) is 4. The molecule has 3 aromatic carbocycles. The van der Waals surface area contributed by atoms with Gasteiger partial charge in [0.2, 0.25) is 10.0 Å². The van der Waals surface area contributed by atoms with Crippen LogP contribution >= 0.6 is 0 Å². The first-order valence-corrected chi connectivity index (χ1v) is 11.7. The van der Waals surface area contributed by atoms with Crippen LogP contribution in [0.3, 0.4) is 0 Å². The Morgan fingerprint density at radius 3 is 2.00 bits per heavy atom. The molecule has 0 saturated heterocycles. The molecular formula is C25H26FNO4S. The highest BCUT2D eigenvalue weighted by molar-refractivity contribution is 7.89. The Morgan fingerprint density at radius 1 is 0.906 bits per heavy atom. The van der Waals surface area contributed by atoms with Crippen LogP contribution in [-0.2, 0) is 27.8 Å². The highest BCUT2D eigenvalue weighted by Crippen LogP contribution is 2.23. The van der Waals surface area contributed by atoms with E-state index in [0.717, 1.165) is 11.1 Å². The largest absolute Gasteiger partial charge is 0.462 e. The molecule has 0 radical (unpaired) electrons. The minimum absolute atomic E-state index is 0.0339. The zero-order valence-electron chi connectivity index (χ0n) is 18.3. The van der Waals surface area contributed by atoms with Crippen LogP contribution in [-0.4, -0.2) is 25.3 Å². The summed E-state index contributed by atoms with van der Waals surface area (Å²) in [6, 6.07) is 18.1. The van der Waals surface area contributed by atoms with E-state index in [1.54, 1.807) is 31.2 Å². The molecule has 5 nitrogen and oxygen atoms in total. The van der Waals surface area contributed by atoms with E-state index in [9.17, 15) is 17.6 Å². The summed E-state index contributed by atoms with van der Waals surface area (Å²) in [5.74, 6) is -0.881. The number of ether oxygens (including phenoxy) is 1. The molecule has 0 aromatic heterocycles. The van der Waals surface area contributed by atoms with Gasteiger partial charge in [0.15, 0.2) is 0 Å². The van der Waals surface area contributed by atoms with Crippen LogP contribution in [0, 0.1) is 19.7 Å². The molecule has 168 valence electrons. The fourth-order valence-electron chi connectivity index (χ4n) is 3.21. The first-order valence-electron chi connectivity index (χ1n) is 10.3. The van der Waals surface area contributed by atoms with Gasteiger partial charge in [-0.05, 0) is 67.8 Å². The molecule has 0 unspecified atom stereocenters. The average Bonchev–Trinajstić information content (AvgIpc) is 2.77. The highest BCUT2D eigenvalue weighted by atomic mass is 32.2. The number of benzene rings is 3. The van der Waals surface area contributed by atoms with Crippen LogP contribution in [0.5, 0.6) is 0 Å². The number of carbonyl (C=O) groups excluding carboxylic acids is 1. The molecule has 0 amide bonds. The van der Waals surface area contributed by atoms with E-state index in [2.05, 4.69) is 0 Å². The molecule has 0 aliphatic heterocycles. The Labute approximate surface area is 188 Å². The van der Waals surface area contributed by atoms with Gasteiger partial charge in [-0.3, -0.25) is 0 Å². The monoisotopic (exact) mass is 455 g/mol. The quantitative estimate of drug-likeness (QED) is 0.448. The van der Waals surface area contributed by atoms with E-state index in [1.165, 1.54) is 29.4 Å². The van der Waals surface area contributed by atoms with E-state index < -0.39 is 21.8 Å². The number of halogens is 1. The first kappa shape index (κ1) is 23.6. The SMILES string of the molecule is CCOC(=O)c1ccc(CN(Cc2ccc(C)cc2)S(=O)(=O)c2ccc(F)c(C)c2)cc1. The molecule has 0 aliphatic carbocycles. The fraction of sp³-hybridized carbons (Fsp3) is 0.240. The number of carbonyl (C=O) groups is 1. The van der Waals surface area contributed by atoms with Gasteiger partial charge in [0, 0.05) is 13.1 Å². The van der Waals surface area contributed by atoms with Crippen molar-refractivity contribution in [3.63, 3.8) is 0 Å². The smallest absolute Gasteiger partial charge is 0.338 e. The zero-order chi connectivity index (χ0) is 23.3. The van der Waals surface area contributed by atoms with Gasteiger partial charge in [-0.1, -0.05) is 42.0 Å². The van der Waals surface area contributed by atoms with E-state index in [4.69, 9.17) is 4.74 Å². The second-order valence-electron chi connectivity index (χ2n) is 7.59. The molecule has 3 rings (SSSR count). The van der Waals surface area contributed by atoms with Crippen molar-refractivity contribution in [1.82, 2.24) is 4.31 Å². The minimum Gasteiger partial charge on any atom is -0.462 e. The zero-order valence-corrected chi connectivity index (χ0v) is 19.2. The number of nitrogens with zero attached hydrogens (tertiary/aromatic N) is 1. The lowest BCUT2D eigenvalue weighted by atomic mass is 10.1. The predicted molar refractivity (Wildman–Crippen MR) is 121 cm³/mol. The Balaban J connectivity index is 1.94. The summed E-state index contributed by atoms with van der Waals surface area (Å²) in [6.07, 6.45) is 0. The lowest BCUT2D eigenvalue weighted by Crippen LogP contribution is -2.30. The van der Waals surface area contributed by atoms with Gasteiger partial charge in [0.05, 0.1) is 17.1 Å². The molecule has 32 heavy (non-hydrogen) atoms. The van der Waals surface area contributed by atoms with E-state index in [0.29, 0.717) is 11.1 Å². The number of rotatable bonds is 8. The molecule has 0 N–H and O–H groups in total. The third-order valence-corrected chi connectivity index (χ3v) is 6.86. The van der Waals surface area contributed by atoms with E-state index >= 15 is 0 Å². The van der Waals surface area contributed by atoms with Crippen LogP contribution in [0.1, 0.15) is 39.5 Å². The lowest BCUT2D eigenvalue weighted by molar-refractivity contribution is 0.0526. The van der Waals surface area contributed by atoms with E-state index in [1.807, 2.05) is 31.2 Å². The van der Waals surface area contributed by atoms with Crippen molar-refractivity contribution in [2.75, 3.05) is 6.61 Å². The molecular weight excluding hydrogens is 429 g/mol. The number of hydrogen-bond donors (Lipinski definition) is 0. The summed E-state index contributed by atoms with van der Waals surface area (Å²) in [7, 11) is -3.91. The number of esters is 1. The van der Waals surface area contributed by atoms with Crippen molar-refractivity contribution in [2.24, 2.45) is 0 Å². The number of aryl methyl sites for hydroxylation is 2. The standard InChI is InChI=1S/C25H26FNO4S/c1-4-31-25(28)22-11-9-21(10-12-22)17-27(16-20-7-5-18(2)6-8-20)32(29,30)23-13-14-24(26)19(3)15-23/h5-15H,4,16-17H2,1-3H3. The van der Waals surface area contributed by atoms with E-state index in [-0.39, 0.29) is 30.2 Å². The van der Waals surface area contributed by atoms with Crippen LogP contribution < -0.4 is 0 Å². The van der Waals surface area contributed by atoms with Crippen molar-refractivity contribution < 1.29 is 22.3 Å². The fourth-order valence-corrected chi connectivity index (χ4v) is 4.72. The predicted octanol–water partition coefficient (Wildman–Crippen LogP) is 5.01. The Hall–Kier alpha value is -3.03. The number of sulfonamides is 1. The van der Waals surface area contributed by atoms with Crippen molar-refractivity contribution in [3.8, 4) is 0 Å². The topological polar surface area (TPSA) is 63.7 Å². The maximum absolute atomic E-state index is 13.7. The molecule has 7 heteroatoms.